The second kappa shape index (κ2) is 6.16. The lowest BCUT2D eigenvalue weighted by Crippen LogP contribution is -2.19. The number of aromatic nitrogens is 4. The molecule has 0 atom stereocenters. The summed E-state index contributed by atoms with van der Waals surface area (Å²) < 4.78 is 1.51. The Morgan fingerprint density at radius 1 is 1.12 bits per heavy atom. The van der Waals surface area contributed by atoms with E-state index in [9.17, 15) is 9.59 Å². The SMILES string of the molecule is O=C1CCc2cc(NC(=O)c3ccc(-n4cnnn4)cc3)ccc2N1. The molecule has 8 nitrogen and oxygen atoms in total. The highest BCUT2D eigenvalue weighted by Crippen LogP contribution is 2.26. The van der Waals surface area contributed by atoms with Crippen molar-refractivity contribution in [3.8, 4) is 5.69 Å². The highest BCUT2D eigenvalue weighted by Gasteiger charge is 2.15. The Kier molecular flexibility index (Phi) is 3.70. The fourth-order valence-corrected chi connectivity index (χ4v) is 2.71. The molecule has 0 radical (unpaired) electrons. The van der Waals surface area contributed by atoms with Gasteiger partial charge in [-0.05, 0) is 64.9 Å². The Balaban J connectivity index is 1.49. The largest absolute Gasteiger partial charge is 0.326 e. The summed E-state index contributed by atoms with van der Waals surface area (Å²) in [4.78, 5) is 23.8. The Morgan fingerprint density at radius 2 is 1.96 bits per heavy atom. The number of fused-ring (bicyclic) bond motifs is 1. The number of aryl methyl sites for hydroxylation is 1. The molecule has 2 N–H and O–H groups in total. The van der Waals surface area contributed by atoms with Crippen LogP contribution in [0, 0.1) is 0 Å². The molecular weight excluding hydrogens is 320 g/mol. The van der Waals surface area contributed by atoms with Crippen LogP contribution in [0.3, 0.4) is 0 Å². The molecule has 124 valence electrons. The molecule has 0 spiro atoms. The minimum Gasteiger partial charge on any atom is -0.326 e. The van der Waals surface area contributed by atoms with Gasteiger partial charge in [0.2, 0.25) is 5.91 Å². The number of carbonyl (C=O) groups excluding carboxylic acids is 2. The molecule has 2 amide bonds. The zero-order chi connectivity index (χ0) is 17.2. The summed E-state index contributed by atoms with van der Waals surface area (Å²) in [5, 5.41) is 16.7. The zero-order valence-corrected chi connectivity index (χ0v) is 13.1. The van der Waals surface area contributed by atoms with Crippen molar-refractivity contribution in [2.45, 2.75) is 12.8 Å². The van der Waals surface area contributed by atoms with Crippen LogP contribution >= 0.6 is 0 Å². The van der Waals surface area contributed by atoms with Crippen LogP contribution in [0.1, 0.15) is 22.3 Å². The van der Waals surface area contributed by atoms with Crippen molar-refractivity contribution in [3.05, 3.63) is 59.9 Å². The molecule has 0 fully saturated rings. The van der Waals surface area contributed by atoms with E-state index in [1.807, 2.05) is 12.1 Å². The number of nitrogens with one attached hydrogen (secondary N) is 2. The normalized spacial score (nSPS) is 13.0. The predicted molar refractivity (Wildman–Crippen MR) is 90.5 cm³/mol. The summed E-state index contributed by atoms with van der Waals surface area (Å²) in [6.07, 6.45) is 2.62. The van der Waals surface area contributed by atoms with E-state index in [1.165, 1.54) is 11.0 Å². The molecule has 1 aliphatic heterocycles. The van der Waals surface area contributed by atoms with Gasteiger partial charge < -0.3 is 10.6 Å². The van der Waals surface area contributed by atoms with Crippen molar-refractivity contribution in [3.63, 3.8) is 0 Å². The maximum absolute atomic E-state index is 12.4. The molecule has 1 aromatic heterocycles. The summed E-state index contributed by atoms with van der Waals surface area (Å²) in [5.41, 5.74) is 3.82. The van der Waals surface area contributed by atoms with Gasteiger partial charge in [-0.15, -0.1) is 5.10 Å². The van der Waals surface area contributed by atoms with Gasteiger partial charge in [0.1, 0.15) is 6.33 Å². The van der Waals surface area contributed by atoms with Gasteiger partial charge >= 0.3 is 0 Å². The molecule has 25 heavy (non-hydrogen) atoms. The molecule has 0 bridgehead atoms. The van der Waals surface area contributed by atoms with Gasteiger partial charge in [0.05, 0.1) is 5.69 Å². The van der Waals surface area contributed by atoms with E-state index in [0.29, 0.717) is 24.1 Å². The van der Waals surface area contributed by atoms with Crippen LogP contribution in [0.2, 0.25) is 0 Å². The van der Waals surface area contributed by atoms with Crippen LogP contribution in [-0.2, 0) is 11.2 Å². The Bertz CT molecular complexity index is 934. The van der Waals surface area contributed by atoms with E-state index >= 15 is 0 Å². The van der Waals surface area contributed by atoms with E-state index < -0.39 is 0 Å². The number of nitrogens with zero attached hydrogens (tertiary/aromatic N) is 4. The summed E-state index contributed by atoms with van der Waals surface area (Å²) in [7, 11) is 0. The topological polar surface area (TPSA) is 102 Å². The number of tetrazole rings is 1. The summed E-state index contributed by atoms with van der Waals surface area (Å²) in [6.45, 7) is 0. The monoisotopic (exact) mass is 334 g/mol. The Labute approximate surface area is 142 Å². The van der Waals surface area contributed by atoms with E-state index in [4.69, 9.17) is 0 Å². The molecular formula is C17H14N6O2. The summed E-state index contributed by atoms with van der Waals surface area (Å²) in [5.74, 6) is -0.185. The molecule has 2 aromatic carbocycles. The quantitative estimate of drug-likeness (QED) is 0.760. The predicted octanol–water partition coefficient (Wildman–Crippen LogP) is 1.80. The minimum atomic E-state index is -0.205. The van der Waals surface area contributed by atoms with Crippen LogP contribution in [0.4, 0.5) is 11.4 Å². The fraction of sp³-hybridized carbons (Fsp3) is 0.118. The number of anilines is 2. The molecule has 3 aromatic rings. The lowest BCUT2D eigenvalue weighted by atomic mass is 10.0. The van der Waals surface area contributed by atoms with Crippen molar-refractivity contribution in [2.75, 3.05) is 10.6 Å². The summed E-state index contributed by atoms with van der Waals surface area (Å²) in [6, 6.07) is 12.4. The number of hydrogen-bond donors (Lipinski definition) is 2. The van der Waals surface area contributed by atoms with Crippen molar-refractivity contribution in [1.82, 2.24) is 20.2 Å². The van der Waals surface area contributed by atoms with Crippen LogP contribution < -0.4 is 10.6 Å². The standard InChI is InChI=1S/C17H14N6O2/c24-16-8-3-12-9-13(4-7-15(12)20-16)19-17(25)11-1-5-14(6-2-11)23-10-18-21-22-23/h1-2,4-7,9-10H,3,8H2,(H,19,25)(H,20,24). The van der Waals surface area contributed by atoms with Gasteiger partial charge in [0.25, 0.3) is 5.91 Å². The first-order valence-corrected chi connectivity index (χ1v) is 7.76. The van der Waals surface area contributed by atoms with Crippen LogP contribution in [0.25, 0.3) is 5.69 Å². The maximum atomic E-state index is 12.4. The van der Waals surface area contributed by atoms with Crippen molar-refractivity contribution in [1.29, 1.82) is 0 Å². The van der Waals surface area contributed by atoms with Gasteiger partial charge in [-0.25, -0.2) is 4.68 Å². The highest BCUT2D eigenvalue weighted by molar-refractivity contribution is 6.04. The van der Waals surface area contributed by atoms with Crippen LogP contribution in [0.15, 0.2) is 48.8 Å². The Morgan fingerprint density at radius 3 is 2.72 bits per heavy atom. The third kappa shape index (κ3) is 3.09. The summed E-state index contributed by atoms with van der Waals surface area (Å²) >= 11 is 0. The first kappa shape index (κ1) is 15.0. The van der Waals surface area contributed by atoms with Gasteiger partial charge in [-0.1, -0.05) is 0 Å². The van der Waals surface area contributed by atoms with Crippen molar-refractivity contribution >= 4 is 23.2 Å². The second-order valence-corrected chi connectivity index (χ2v) is 5.68. The minimum absolute atomic E-state index is 0.0203. The third-order valence-electron chi connectivity index (χ3n) is 4.00. The molecule has 4 rings (SSSR count). The van der Waals surface area contributed by atoms with E-state index in [-0.39, 0.29) is 11.8 Å². The number of carbonyl (C=O) groups is 2. The molecule has 0 saturated heterocycles. The average molecular weight is 334 g/mol. The number of hydrogen-bond acceptors (Lipinski definition) is 5. The molecule has 8 heteroatoms. The molecule has 2 heterocycles. The van der Waals surface area contributed by atoms with Crippen LogP contribution in [0.5, 0.6) is 0 Å². The van der Waals surface area contributed by atoms with Crippen molar-refractivity contribution in [2.24, 2.45) is 0 Å². The number of rotatable bonds is 3. The average Bonchev–Trinajstić information content (AvgIpc) is 3.17. The van der Waals surface area contributed by atoms with E-state index in [0.717, 1.165) is 16.9 Å². The number of benzene rings is 2. The van der Waals surface area contributed by atoms with Gasteiger partial charge in [-0.2, -0.15) is 0 Å². The number of amides is 2. The van der Waals surface area contributed by atoms with Gasteiger partial charge in [-0.3, -0.25) is 9.59 Å². The molecule has 0 unspecified atom stereocenters. The third-order valence-corrected chi connectivity index (χ3v) is 4.00. The fourth-order valence-electron chi connectivity index (χ4n) is 2.71. The van der Waals surface area contributed by atoms with Gasteiger partial charge in [0.15, 0.2) is 0 Å². The van der Waals surface area contributed by atoms with Crippen LogP contribution in [-0.4, -0.2) is 32.0 Å². The first-order chi connectivity index (χ1) is 12.2. The maximum Gasteiger partial charge on any atom is 0.255 e. The highest BCUT2D eigenvalue weighted by atomic mass is 16.2. The van der Waals surface area contributed by atoms with Crippen molar-refractivity contribution < 1.29 is 9.59 Å². The molecule has 0 saturated carbocycles. The second-order valence-electron chi connectivity index (χ2n) is 5.68. The molecule has 1 aliphatic rings. The Hall–Kier alpha value is -3.55. The lowest BCUT2D eigenvalue weighted by molar-refractivity contribution is -0.116. The van der Waals surface area contributed by atoms with Gasteiger partial charge in [0, 0.05) is 23.4 Å². The smallest absolute Gasteiger partial charge is 0.255 e. The lowest BCUT2D eigenvalue weighted by Gasteiger charge is -2.17. The van der Waals surface area contributed by atoms with E-state index in [2.05, 4.69) is 26.2 Å². The van der Waals surface area contributed by atoms with E-state index in [1.54, 1.807) is 30.3 Å². The molecule has 0 aliphatic carbocycles. The zero-order valence-electron chi connectivity index (χ0n) is 13.1. The first-order valence-electron chi connectivity index (χ1n) is 7.76.